The Kier molecular flexibility index (Phi) is 5.74. The van der Waals surface area contributed by atoms with E-state index in [1.165, 1.54) is 0 Å². The summed E-state index contributed by atoms with van der Waals surface area (Å²) in [5, 5.41) is 8.70. The number of amides is 2. The lowest BCUT2D eigenvalue weighted by Gasteiger charge is -2.15. The quantitative estimate of drug-likeness (QED) is 0.772. The molecule has 1 unspecified atom stereocenters. The zero-order valence-corrected chi connectivity index (χ0v) is 13.2. The maximum Gasteiger partial charge on any atom is 0.315 e. The third-order valence-corrected chi connectivity index (χ3v) is 4.14. The van der Waals surface area contributed by atoms with Crippen molar-refractivity contribution in [3.8, 4) is 0 Å². The van der Waals surface area contributed by atoms with Gasteiger partial charge in [0, 0.05) is 37.1 Å². The van der Waals surface area contributed by atoms with Crippen molar-refractivity contribution in [3.05, 3.63) is 34.8 Å². The molecule has 6 nitrogen and oxygen atoms in total. The van der Waals surface area contributed by atoms with E-state index in [9.17, 15) is 4.79 Å². The zero-order valence-electron chi connectivity index (χ0n) is 12.4. The molecule has 0 aliphatic heterocycles. The van der Waals surface area contributed by atoms with Gasteiger partial charge >= 0.3 is 6.03 Å². The van der Waals surface area contributed by atoms with E-state index in [1.54, 1.807) is 23.7 Å². The highest BCUT2D eigenvalue weighted by atomic mass is 32.1. The lowest BCUT2D eigenvalue weighted by Crippen LogP contribution is -2.38. The number of imidazole rings is 1. The van der Waals surface area contributed by atoms with E-state index in [-0.39, 0.29) is 12.1 Å². The average molecular weight is 307 g/mol. The highest BCUT2D eigenvalue weighted by molar-refractivity contribution is 7.09. The minimum absolute atomic E-state index is 0.0131. The Hall–Kier alpha value is -1.89. The number of carbonyl (C=O) groups excluding carboxylic acids is 1. The SMILES string of the molecule is CCC(NC(=O)NCCCn1ccnc1C)c1nccs1. The molecule has 2 aromatic heterocycles. The first-order valence-corrected chi connectivity index (χ1v) is 8.00. The summed E-state index contributed by atoms with van der Waals surface area (Å²) in [4.78, 5) is 20.3. The van der Waals surface area contributed by atoms with Gasteiger partial charge in [-0.15, -0.1) is 11.3 Å². The second-order valence-corrected chi connectivity index (χ2v) is 5.68. The Morgan fingerprint density at radius 2 is 2.29 bits per heavy atom. The van der Waals surface area contributed by atoms with E-state index in [4.69, 9.17) is 0 Å². The van der Waals surface area contributed by atoms with Crippen LogP contribution in [0.15, 0.2) is 24.0 Å². The van der Waals surface area contributed by atoms with Gasteiger partial charge in [0.2, 0.25) is 0 Å². The largest absolute Gasteiger partial charge is 0.338 e. The van der Waals surface area contributed by atoms with Crippen LogP contribution >= 0.6 is 11.3 Å². The molecule has 0 fully saturated rings. The fraction of sp³-hybridized carbons (Fsp3) is 0.500. The molecular weight excluding hydrogens is 286 g/mol. The van der Waals surface area contributed by atoms with Gasteiger partial charge in [-0.3, -0.25) is 0 Å². The van der Waals surface area contributed by atoms with Crippen molar-refractivity contribution in [2.24, 2.45) is 0 Å². The molecular formula is C14H21N5OS. The molecule has 0 radical (unpaired) electrons. The van der Waals surface area contributed by atoms with Crippen LogP contribution in [0.3, 0.4) is 0 Å². The van der Waals surface area contributed by atoms with Crippen molar-refractivity contribution in [2.45, 2.75) is 39.3 Å². The minimum atomic E-state index is -0.139. The Morgan fingerprint density at radius 3 is 2.90 bits per heavy atom. The normalized spacial score (nSPS) is 12.1. The van der Waals surface area contributed by atoms with Crippen LogP contribution in [0.25, 0.3) is 0 Å². The number of thiazole rings is 1. The number of hydrogen-bond acceptors (Lipinski definition) is 4. The van der Waals surface area contributed by atoms with Crippen molar-refractivity contribution >= 4 is 17.4 Å². The number of aromatic nitrogens is 3. The van der Waals surface area contributed by atoms with Gasteiger partial charge < -0.3 is 15.2 Å². The summed E-state index contributed by atoms with van der Waals surface area (Å²) in [5.74, 6) is 0.995. The predicted octanol–water partition coefficient (Wildman–Crippen LogP) is 2.49. The third kappa shape index (κ3) is 4.56. The summed E-state index contributed by atoms with van der Waals surface area (Å²) in [6, 6.07) is -0.153. The molecule has 1 atom stereocenters. The number of carbonyl (C=O) groups is 1. The van der Waals surface area contributed by atoms with Crippen molar-refractivity contribution in [1.29, 1.82) is 0 Å². The summed E-state index contributed by atoms with van der Waals surface area (Å²) < 4.78 is 2.07. The van der Waals surface area contributed by atoms with E-state index in [0.717, 1.165) is 30.2 Å². The summed E-state index contributed by atoms with van der Waals surface area (Å²) in [5.41, 5.74) is 0. The number of nitrogens with one attached hydrogen (secondary N) is 2. The van der Waals surface area contributed by atoms with Crippen molar-refractivity contribution in [2.75, 3.05) is 6.54 Å². The van der Waals surface area contributed by atoms with Crippen molar-refractivity contribution in [3.63, 3.8) is 0 Å². The van der Waals surface area contributed by atoms with Gasteiger partial charge in [-0.1, -0.05) is 6.92 Å². The van der Waals surface area contributed by atoms with Gasteiger partial charge in [-0.25, -0.2) is 14.8 Å². The highest BCUT2D eigenvalue weighted by Crippen LogP contribution is 2.18. The van der Waals surface area contributed by atoms with Crippen LogP contribution in [0.2, 0.25) is 0 Å². The number of urea groups is 1. The summed E-state index contributed by atoms with van der Waals surface area (Å²) >= 11 is 1.56. The Bertz CT molecular complexity index is 551. The molecule has 0 saturated heterocycles. The Labute approximate surface area is 128 Å². The highest BCUT2D eigenvalue weighted by Gasteiger charge is 2.14. The lowest BCUT2D eigenvalue weighted by molar-refractivity contribution is 0.236. The molecule has 2 heterocycles. The number of hydrogen-bond donors (Lipinski definition) is 2. The molecule has 2 amide bonds. The monoisotopic (exact) mass is 307 g/mol. The fourth-order valence-electron chi connectivity index (χ4n) is 2.05. The van der Waals surface area contributed by atoms with Crippen LogP contribution < -0.4 is 10.6 Å². The van der Waals surface area contributed by atoms with Crippen molar-refractivity contribution < 1.29 is 4.79 Å². The molecule has 0 aliphatic carbocycles. The average Bonchev–Trinajstić information content (AvgIpc) is 3.13. The van der Waals surface area contributed by atoms with Crippen LogP contribution in [-0.2, 0) is 6.54 Å². The van der Waals surface area contributed by atoms with E-state index < -0.39 is 0 Å². The van der Waals surface area contributed by atoms with Gasteiger partial charge in [-0.05, 0) is 19.8 Å². The smallest absolute Gasteiger partial charge is 0.315 e. The van der Waals surface area contributed by atoms with E-state index in [0.29, 0.717) is 6.54 Å². The second kappa shape index (κ2) is 7.78. The molecule has 2 N–H and O–H groups in total. The maximum absolute atomic E-state index is 11.9. The molecule has 2 rings (SSSR count). The van der Waals surface area contributed by atoms with Crippen LogP contribution in [0, 0.1) is 6.92 Å². The van der Waals surface area contributed by atoms with E-state index >= 15 is 0 Å². The second-order valence-electron chi connectivity index (χ2n) is 4.75. The number of aryl methyl sites for hydroxylation is 2. The predicted molar refractivity (Wildman–Crippen MR) is 83.3 cm³/mol. The van der Waals surface area contributed by atoms with E-state index in [1.807, 2.05) is 25.4 Å². The van der Waals surface area contributed by atoms with Gasteiger partial charge in [0.05, 0.1) is 6.04 Å². The molecule has 0 bridgehead atoms. The number of nitrogens with zero attached hydrogens (tertiary/aromatic N) is 3. The first-order valence-electron chi connectivity index (χ1n) is 7.12. The Morgan fingerprint density at radius 1 is 1.43 bits per heavy atom. The van der Waals surface area contributed by atoms with Crippen LogP contribution in [-0.4, -0.2) is 27.1 Å². The summed E-state index contributed by atoms with van der Waals surface area (Å²) in [6.45, 7) is 5.50. The first-order chi connectivity index (χ1) is 10.2. The number of rotatable bonds is 7. The molecule has 2 aromatic rings. The molecule has 0 aromatic carbocycles. The summed E-state index contributed by atoms with van der Waals surface area (Å²) in [6.07, 6.45) is 7.20. The van der Waals surface area contributed by atoms with Crippen LogP contribution in [0.1, 0.15) is 36.6 Å². The molecule has 0 aliphatic rings. The lowest BCUT2D eigenvalue weighted by atomic mass is 10.2. The van der Waals surface area contributed by atoms with Gasteiger partial charge in [0.25, 0.3) is 0 Å². The van der Waals surface area contributed by atoms with Crippen LogP contribution in [0.5, 0.6) is 0 Å². The topological polar surface area (TPSA) is 71.8 Å². The van der Waals surface area contributed by atoms with Gasteiger partial charge in [0.15, 0.2) is 0 Å². The third-order valence-electron chi connectivity index (χ3n) is 3.25. The molecule has 114 valence electrons. The molecule has 7 heteroatoms. The standard InChI is InChI=1S/C14H21N5OS/c1-3-12(13-16-7-10-21-13)18-14(20)17-5-4-8-19-9-6-15-11(19)2/h6-7,9-10,12H,3-5,8H2,1-2H3,(H2,17,18,20). The zero-order chi connectivity index (χ0) is 15.1. The van der Waals surface area contributed by atoms with Crippen molar-refractivity contribution in [1.82, 2.24) is 25.2 Å². The van der Waals surface area contributed by atoms with Gasteiger partial charge in [0.1, 0.15) is 10.8 Å². The van der Waals surface area contributed by atoms with Crippen LogP contribution in [0.4, 0.5) is 4.79 Å². The first kappa shape index (κ1) is 15.5. The van der Waals surface area contributed by atoms with Gasteiger partial charge in [-0.2, -0.15) is 0 Å². The summed E-state index contributed by atoms with van der Waals surface area (Å²) in [7, 11) is 0. The molecule has 0 spiro atoms. The minimum Gasteiger partial charge on any atom is -0.338 e. The molecule has 21 heavy (non-hydrogen) atoms. The maximum atomic E-state index is 11.9. The molecule has 0 saturated carbocycles. The Balaban J connectivity index is 1.68. The fourth-order valence-corrected chi connectivity index (χ4v) is 2.82. The van der Waals surface area contributed by atoms with E-state index in [2.05, 4.69) is 25.2 Å².